The Morgan fingerprint density at radius 2 is 0.909 bits per heavy atom. The molecule has 2 aromatic heterocycles. The molecule has 0 atom stereocenters. The molecule has 0 unspecified atom stereocenters. The number of piperidine rings is 2. The number of carbonyl (C=O) groups excluding carboxylic acids is 3. The van der Waals surface area contributed by atoms with Gasteiger partial charge in [0.25, 0.3) is 11.8 Å². The second-order valence-electron chi connectivity index (χ2n) is 27.3. The third kappa shape index (κ3) is 20.8. The van der Waals surface area contributed by atoms with Crippen LogP contribution in [0.25, 0.3) is 0 Å². The number of carbonyl (C=O) groups is 4. The van der Waals surface area contributed by atoms with Crippen LogP contribution in [-0.4, -0.2) is 269 Å². The molecule has 4 aromatic rings. The lowest BCUT2D eigenvalue weighted by molar-refractivity contribution is -0.142. The van der Waals surface area contributed by atoms with E-state index in [1.54, 1.807) is 115 Å². The first-order valence-corrected chi connectivity index (χ1v) is 37.6. The number of aliphatic carboxylic acids is 1. The fraction of sp³-hybridized carbons (Fsp3) is 0.629. The summed E-state index contributed by atoms with van der Waals surface area (Å²) in [5.41, 5.74) is 3.71. The number of pyridine rings is 2. The number of piperazine rings is 2. The lowest BCUT2D eigenvalue weighted by atomic mass is 9.84. The molecule has 4 aliphatic heterocycles. The van der Waals surface area contributed by atoms with E-state index in [1.807, 2.05) is 4.90 Å². The number of hydrogen-bond donors (Lipinski definition) is 4. The van der Waals surface area contributed by atoms with Gasteiger partial charge in [-0.25, -0.2) is 21.6 Å². The highest BCUT2D eigenvalue weighted by molar-refractivity contribution is 7.89. The first-order valence-electron chi connectivity index (χ1n) is 34.7. The minimum Gasteiger partial charge on any atom is -0.497 e. The van der Waals surface area contributed by atoms with Crippen LogP contribution in [0.1, 0.15) is 120 Å². The molecule has 6 heterocycles. The van der Waals surface area contributed by atoms with Crippen molar-refractivity contribution in [3.05, 3.63) is 107 Å². The third-order valence-electron chi connectivity index (χ3n) is 20.5. The molecule has 4 saturated carbocycles. The van der Waals surface area contributed by atoms with Gasteiger partial charge in [-0.05, 0) is 189 Å². The second-order valence-corrected chi connectivity index (χ2v) is 31.0. The maximum atomic E-state index is 13.8. The number of carboxylic acid groups (broad SMARTS) is 1. The smallest absolute Gasteiger partial charge is 0.329 e. The van der Waals surface area contributed by atoms with Crippen LogP contribution in [0.2, 0.25) is 0 Å². The zero-order chi connectivity index (χ0) is 68.9. The topological polar surface area (TPSA) is 278 Å². The normalized spacial score (nSPS) is 19.8. The van der Waals surface area contributed by atoms with Gasteiger partial charge in [0.15, 0.2) is 0 Å². The predicted molar refractivity (Wildman–Crippen MR) is 381 cm³/mol. The average Bonchev–Trinajstić information content (AvgIpc) is 1.70. The molecule has 8 aliphatic rings. The zero-order valence-corrected chi connectivity index (χ0v) is 61.6. The van der Waals surface area contributed by atoms with E-state index >= 15 is 0 Å². The van der Waals surface area contributed by atoms with Crippen LogP contribution in [0.3, 0.4) is 0 Å². The number of hydrogen-bond acceptors (Lipinski definition) is 19. The Labute approximate surface area is 597 Å². The van der Waals surface area contributed by atoms with E-state index in [1.165, 1.54) is 47.4 Å². The maximum absolute atomic E-state index is 13.8. The van der Waals surface area contributed by atoms with Crippen molar-refractivity contribution in [2.75, 3.05) is 145 Å². The fourth-order valence-corrected chi connectivity index (χ4v) is 18.7. The summed E-state index contributed by atoms with van der Waals surface area (Å²) in [6.45, 7) is 20.1. The molecule has 8 fully saturated rings. The van der Waals surface area contributed by atoms with Crippen molar-refractivity contribution in [3.63, 3.8) is 0 Å². The van der Waals surface area contributed by atoms with Gasteiger partial charge >= 0.3 is 5.97 Å². The van der Waals surface area contributed by atoms with Crippen LogP contribution in [0, 0.1) is 27.7 Å². The summed E-state index contributed by atoms with van der Waals surface area (Å²) in [6.07, 6.45) is 18.9. The summed E-state index contributed by atoms with van der Waals surface area (Å²) >= 11 is 0. The van der Waals surface area contributed by atoms with Crippen LogP contribution in [0.4, 0.5) is 0 Å². The van der Waals surface area contributed by atoms with E-state index in [0.29, 0.717) is 69.4 Å². The summed E-state index contributed by atoms with van der Waals surface area (Å²) < 4.78 is 78.0. The highest BCUT2D eigenvalue weighted by Gasteiger charge is 2.46. The van der Waals surface area contributed by atoms with E-state index in [2.05, 4.69) is 45.5 Å². The number of nitrogens with one attached hydrogen (secondary N) is 3. The molecule has 0 spiro atoms. The Bertz CT molecular complexity index is 3500. The molecule has 99 heavy (non-hydrogen) atoms. The van der Waals surface area contributed by atoms with Gasteiger partial charge in [0.1, 0.15) is 24.7 Å². The van der Waals surface area contributed by atoms with Crippen molar-refractivity contribution in [2.45, 2.75) is 150 Å². The summed E-state index contributed by atoms with van der Waals surface area (Å²) in [5, 5.41) is 18.5. The van der Waals surface area contributed by atoms with E-state index < -0.39 is 32.6 Å². The number of sulfonamides is 2. The van der Waals surface area contributed by atoms with Gasteiger partial charge in [0.2, 0.25) is 26.0 Å². The Kier molecular flexibility index (Phi) is 28.7. The van der Waals surface area contributed by atoms with Gasteiger partial charge in [-0.2, -0.15) is 8.61 Å². The molecule has 0 radical (unpaired) electrons. The van der Waals surface area contributed by atoms with Crippen molar-refractivity contribution in [1.82, 2.24) is 59.0 Å². The van der Waals surface area contributed by atoms with Crippen LogP contribution in [0.15, 0.2) is 83.1 Å². The van der Waals surface area contributed by atoms with Crippen molar-refractivity contribution < 1.29 is 60.1 Å². The molecule has 0 bridgehead atoms. The number of likely N-dealkylation sites (tertiary alicyclic amines) is 1. The molecule has 12 rings (SSSR count). The summed E-state index contributed by atoms with van der Waals surface area (Å²) in [5.74, 6) is -0.0172. The van der Waals surface area contributed by atoms with Crippen LogP contribution in [0.5, 0.6) is 11.5 Å². The molecule has 3 amide bonds. The van der Waals surface area contributed by atoms with E-state index in [-0.39, 0.29) is 104 Å². The lowest BCUT2D eigenvalue weighted by Gasteiger charge is -2.51. The highest BCUT2D eigenvalue weighted by atomic mass is 35.5. The number of ether oxygens (including phenoxy) is 4. The van der Waals surface area contributed by atoms with Crippen LogP contribution < -0.4 is 25.4 Å². The van der Waals surface area contributed by atoms with Gasteiger partial charge < -0.3 is 44.9 Å². The monoisotopic (exact) mass is 1450 g/mol. The zero-order valence-electron chi connectivity index (χ0n) is 58.4. The molecule has 25 nitrogen and oxygen atoms in total. The number of halogens is 2. The first kappa shape index (κ1) is 79.0. The van der Waals surface area contributed by atoms with Gasteiger partial charge in [-0.3, -0.25) is 44.0 Å². The average molecular weight is 1460 g/mol. The molecule has 4 N–H and O–H groups in total. The predicted octanol–water partition coefficient (Wildman–Crippen LogP) is 5.57. The van der Waals surface area contributed by atoms with Crippen molar-refractivity contribution in [2.24, 2.45) is 0 Å². The van der Waals surface area contributed by atoms with E-state index in [9.17, 15) is 36.0 Å². The number of aryl methyl sites for hydroxylation is 4. The van der Waals surface area contributed by atoms with Crippen LogP contribution >= 0.6 is 24.8 Å². The van der Waals surface area contributed by atoms with Crippen molar-refractivity contribution in [3.8, 4) is 11.5 Å². The number of amides is 3. The number of carboxylic acids is 1. The third-order valence-corrected chi connectivity index (χ3v) is 25.0. The van der Waals surface area contributed by atoms with E-state index in [0.717, 1.165) is 122 Å². The summed E-state index contributed by atoms with van der Waals surface area (Å²) in [6, 6.07) is 15.4. The Morgan fingerprint density at radius 1 is 0.545 bits per heavy atom. The second kappa shape index (κ2) is 36.0. The quantitative estimate of drug-likeness (QED) is 0.0506. The maximum Gasteiger partial charge on any atom is 0.329 e. The number of aromatic nitrogens is 2. The van der Waals surface area contributed by atoms with Crippen molar-refractivity contribution in [1.29, 1.82) is 0 Å². The summed E-state index contributed by atoms with van der Waals surface area (Å²) in [4.78, 5) is 70.1. The molecule has 29 heteroatoms. The van der Waals surface area contributed by atoms with Gasteiger partial charge in [-0.15, -0.1) is 24.8 Å². The van der Waals surface area contributed by atoms with Gasteiger partial charge in [0, 0.05) is 163 Å². The van der Waals surface area contributed by atoms with Gasteiger partial charge in [-0.1, -0.05) is 0 Å². The summed E-state index contributed by atoms with van der Waals surface area (Å²) in [7, 11) is -4.31. The van der Waals surface area contributed by atoms with E-state index in [4.69, 9.17) is 24.1 Å². The number of rotatable bonds is 28. The molecule has 4 aliphatic carbocycles. The molecular formula is C70H104Cl2N12O13S2. The minimum atomic E-state index is -3.74. The highest BCUT2D eigenvalue weighted by Crippen LogP contribution is 2.39. The Balaban J connectivity index is 0.000000206. The molecule has 548 valence electrons. The fourth-order valence-electron chi connectivity index (χ4n) is 14.5. The Hall–Kier alpha value is -5.66. The standard InChI is InChI=1S/C35H50N6O6S.C19H29N5O.C16H23NO6S.2ClH/c1-26-22-31(46-3)23-27(2)33(26)48(44,45)41(30-6-7-30)20-21-47-24-32(42)39-14-10-35(11-15-39,25-37-34(43)28-8-12-36-13-9-28)40-18-16-38(17-19-40)29-4-5-29;25-18(16-3-7-20-8-4-16)22-15-19(5-9-21-10-6-19)24-13-11-23(12-14-24)17-1-2-17;1-11-8-14(22-3)9-12(2)16(11)24(20,21)17(13-4-5-13)6-7-23-10-15(18)19;;/h8-9,12-13,22-23,29-30H,4-7,10-11,14-21,24-25H2,1-3H3,(H,37,43);3-4,7-8,17,21H,1-2,5-6,9-15H2,(H,22,25);8-9,13H,4-7,10H2,1-3H3,(H,18,19);2*1H. The molecule has 4 saturated heterocycles. The molecular weight excluding hydrogens is 1350 g/mol. The lowest BCUT2D eigenvalue weighted by Crippen LogP contribution is -2.65. The largest absolute Gasteiger partial charge is 0.497 e. The number of benzene rings is 2. The first-order chi connectivity index (χ1) is 46.6. The van der Waals surface area contributed by atoms with Crippen molar-refractivity contribution >= 4 is 68.6 Å². The number of methoxy groups -OCH3 is 2. The Morgan fingerprint density at radius 3 is 1.25 bits per heavy atom. The minimum absolute atomic E-state index is 0. The van der Waals surface area contributed by atoms with Gasteiger partial charge in [0.05, 0.1) is 37.2 Å². The molecule has 2 aromatic carbocycles. The van der Waals surface area contributed by atoms with Crippen LogP contribution in [-0.2, 0) is 39.1 Å². The number of nitrogens with zero attached hydrogens (tertiary/aromatic N) is 9. The SMILES string of the molecule is COc1cc(C)c(S(=O)(=O)N(CCOCC(=O)N2CCC(CNC(=O)c3ccncc3)(N3CCN(C4CC4)CC3)CC2)C2CC2)c(C)c1.COc1cc(C)c(S(=O)(=O)N(CCOCC(=O)O)C2CC2)c(C)c1.Cl.Cl.O=C(NCC1(N2CCN(C3CC3)CC2)CCNCC1)c1ccncc1.